The van der Waals surface area contributed by atoms with E-state index in [4.69, 9.17) is 9.15 Å². The SMILES string of the molecule is CC(NC(=O)c1ccco1)C(=O)NC1COC1. The molecular formula is C11H14N2O4. The molecule has 2 amide bonds. The number of hydrogen-bond donors (Lipinski definition) is 2. The molecule has 0 aromatic carbocycles. The summed E-state index contributed by atoms with van der Waals surface area (Å²) < 4.78 is 9.86. The fraction of sp³-hybridized carbons (Fsp3) is 0.455. The van der Waals surface area contributed by atoms with E-state index in [1.54, 1.807) is 19.1 Å². The van der Waals surface area contributed by atoms with Crippen LogP contribution in [0.25, 0.3) is 0 Å². The Morgan fingerprint density at radius 1 is 1.47 bits per heavy atom. The lowest BCUT2D eigenvalue weighted by Crippen LogP contribution is -2.54. The first-order chi connectivity index (χ1) is 8.16. The molecule has 1 aromatic heterocycles. The fourth-order valence-electron chi connectivity index (χ4n) is 1.39. The van der Waals surface area contributed by atoms with E-state index in [0.717, 1.165) is 0 Å². The van der Waals surface area contributed by atoms with E-state index < -0.39 is 11.9 Å². The third kappa shape index (κ3) is 2.85. The first-order valence-corrected chi connectivity index (χ1v) is 5.39. The van der Waals surface area contributed by atoms with Crippen LogP contribution in [0.3, 0.4) is 0 Å². The Bertz CT molecular complexity index is 398. The molecule has 92 valence electrons. The summed E-state index contributed by atoms with van der Waals surface area (Å²) >= 11 is 0. The van der Waals surface area contributed by atoms with Crippen molar-refractivity contribution in [2.24, 2.45) is 0 Å². The van der Waals surface area contributed by atoms with Gasteiger partial charge in [-0.25, -0.2) is 0 Å². The zero-order chi connectivity index (χ0) is 12.3. The summed E-state index contributed by atoms with van der Waals surface area (Å²) in [5, 5.41) is 5.31. The Morgan fingerprint density at radius 3 is 2.76 bits per heavy atom. The number of ether oxygens (including phenoxy) is 1. The molecule has 2 heterocycles. The van der Waals surface area contributed by atoms with Crippen LogP contribution < -0.4 is 10.6 Å². The van der Waals surface area contributed by atoms with Crippen LogP contribution in [-0.4, -0.2) is 37.1 Å². The highest BCUT2D eigenvalue weighted by Gasteiger charge is 2.24. The number of furan rings is 1. The van der Waals surface area contributed by atoms with E-state index in [1.807, 2.05) is 0 Å². The molecule has 1 unspecified atom stereocenters. The summed E-state index contributed by atoms with van der Waals surface area (Å²) in [5.41, 5.74) is 0. The second kappa shape index (κ2) is 5.01. The number of nitrogens with one attached hydrogen (secondary N) is 2. The molecular weight excluding hydrogens is 224 g/mol. The molecule has 1 aliphatic heterocycles. The average Bonchev–Trinajstić information content (AvgIpc) is 2.76. The number of amides is 2. The first-order valence-electron chi connectivity index (χ1n) is 5.39. The van der Waals surface area contributed by atoms with Gasteiger partial charge in [-0.05, 0) is 19.1 Å². The van der Waals surface area contributed by atoms with Crippen molar-refractivity contribution in [2.75, 3.05) is 13.2 Å². The first kappa shape index (κ1) is 11.7. The molecule has 1 saturated heterocycles. The molecule has 0 saturated carbocycles. The van der Waals surface area contributed by atoms with Crippen molar-refractivity contribution in [3.05, 3.63) is 24.2 Å². The lowest BCUT2D eigenvalue weighted by Gasteiger charge is -2.28. The lowest BCUT2D eigenvalue weighted by molar-refractivity contribution is -0.126. The van der Waals surface area contributed by atoms with Crippen LogP contribution in [0.1, 0.15) is 17.5 Å². The van der Waals surface area contributed by atoms with Crippen molar-refractivity contribution in [3.8, 4) is 0 Å². The largest absolute Gasteiger partial charge is 0.459 e. The van der Waals surface area contributed by atoms with Crippen molar-refractivity contribution in [2.45, 2.75) is 19.0 Å². The van der Waals surface area contributed by atoms with E-state index in [1.165, 1.54) is 6.26 Å². The van der Waals surface area contributed by atoms with Gasteiger partial charge in [-0.1, -0.05) is 0 Å². The van der Waals surface area contributed by atoms with Gasteiger partial charge in [0.25, 0.3) is 5.91 Å². The summed E-state index contributed by atoms with van der Waals surface area (Å²) in [6, 6.07) is 2.61. The molecule has 2 rings (SSSR count). The third-order valence-corrected chi connectivity index (χ3v) is 2.47. The molecule has 6 heteroatoms. The molecule has 0 radical (unpaired) electrons. The van der Waals surface area contributed by atoms with Crippen LogP contribution in [-0.2, 0) is 9.53 Å². The van der Waals surface area contributed by atoms with Crippen molar-refractivity contribution >= 4 is 11.8 Å². The number of rotatable bonds is 4. The maximum Gasteiger partial charge on any atom is 0.287 e. The van der Waals surface area contributed by atoms with E-state index in [-0.39, 0.29) is 17.7 Å². The number of carbonyl (C=O) groups excluding carboxylic acids is 2. The predicted molar refractivity (Wildman–Crippen MR) is 58.4 cm³/mol. The predicted octanol–water partition coefficient (Wildman–Crippen LogP) is -0.0871. The standard InChI is InChI=1S/C11H14N2O4/c1-7(10(14)13-8-5-16-6-8)12-11(15)9-3-2-4-17-9/h2-4,7-8H,5-6H2,1H3,(H,12,15)(H,13,14). The van der Waals surface area contributed by atoms with Crippen molar-refractivity contribution in [3.63, 3.8) is 0 Å². The van der Waals surface area contributed by atoms with Crippen LogP contribution in [0.15, 0.2) is 22.8 Å². The summed E-state index contributed by atoms with van der Waals surface area (Å²) in [7, 11) is 0. The molecule has 1 fully saturated rings. The number of carbonyl (C=O) groups is 2. The zero-order valence-corrected chi connectivity index (χ0v) is 9.43. The highest BCUT2D eigenvalue weighted by atomic mass is 16.5. The second-order valence-electron chi connectivity index (χ2n) is 3.92. The lowest BCUT2D eigenvalue weighted by atomic mass is 10.2. The van der Waals surface area contributed by atoms with E-state index in [2.05, 4.69) is 10.6 Å². The van der Waals surface area contributed by atoms with Gasteiger partial charge in [-0.2, -0.15) is 0 Å². The summed E-state index contributed by atoms with van der Waals surface area (Å²) in [5.74, 6) is -0.433. The number of hydrogen-bond acceptors (Lipinski definition) is 4. The van der Waals surface area contributed by atoms with E-state index in [0.29, 0.717) is 13.2 Å². The molecule has 0 bridgehead atoms. The Balaban J connectivity index is 1.81. The molecule has 17 heavy (non-hydrogen) atoms. The Labute approximate surface area is 98.3 Å². The minimum Gasteiger partial charge on any atom is -0.459 e. The maximum absolute atomic E-state index is 11.6. The smallest absolute Gasteiger partial charge is 0.287 e. The van der Waals surface area contributed by atoms with Gasteiger partial charge in [-0.15, -0.1) is 0 Å². The highest BCUT2D eigenvalue weighted by molar-refractivity contribution is 5.95. The van der Waals surface area contributed by atoms with E-state index in [9.17, 15) is 9.59 Å². The zero-order valence-electron chi connectivity index (χ0n) is 9.43. The molecule has 0 aliphatic carbocycles. The quantitative estimate of drug-likeness (QED) is 0.768. The van der Waals surface area contributed by atoms with Gasteiger partial charge >= 0.3 is 0 Å². The van der Waals surface area contributed by atoms with Crippen molar-refractivity contribution in [1.29, 1.82) is 0 Å². The minimum absolute atomic E-state index is 0.0606. The molecule has 1 aliphatic rings. The summed E-state index contributed by atoms with van der Waals surface area (Å²) in [6.07, 6.45) is 1.41. The third-order valence-electron chi connectivity index (χ3n) is 2.47. The van der Waals surface area contributed by atoms with Crippen LogP contribution in [0.2, 0.25) is 0 Å². The molecule has 0 spiro atoms. The maximum atomic E-state index is 11.6. The van der Waals surface area contributed by atoms with Crippen LogP contribution in [0.5, 0.6) is 0 Å². The van der Waals surface area contributed by atoms with Gasteiger partial charge in [0, 0.05) is 0 Å². The molecule has 1 atom stereocenters. The van der Waals surface area contributed by atoms with Gasteiger partial charge in [-0.3, -0.25) is 9.59 Å². The van der Waals surface area contributed by atoms with Gasteiger partial charge < -0.3 is 19.8 Å². The van der Waals surface area contributed by atoms with Gasteiger partial charge in [0.1, 0.15) is 6.04 Å². The monoisotopic (exact) mass is 238 g/mol. The Hall–Kier alpha value is -1.82. The Kier molecular flexibility index (Phi) is 3.43. The fourth-order valence-corrected chi connectivity index (χ4v) is 1.39. The topological polar surface area (TPSA) is 80.6 Å². The van der Waals surface area contributed by atoms with Crippen LogP contribution >= 0.6 is 0 Å². The molecule has 2 N–H and O–H groups in total. The van der Waals surface area contributed by atoms with Crippen LogP contribution in [0, 0.1) is 0 Å². The normalized spacial score (nSPS) is 17.0. The highest BCUT2D eigenvalue weighted by Crippen LogP contribution is 2.02. The minimum atomic E-state index is -0.604. The molecule has 1 aromatic rings. The second-order valence-corrected chi connectivity index (χ2v) is 3.92. The summed E-state index contributed by atoms with van der Waals surface area (Å²) in [6.45, 7) is 2.69. The van der Waals surface area contributed by atoms with Gasteiger partial charge in [0.05, 0.1) is 25.5 Å². The average molecular weight is 238 g/mol. The van der Waals surface area contributed by atoms with Gasteiger partial charge in [0.2, 0.25) is 5.91 Å². The van der Waals surface area contributed by atoms with Crippen molar-refractivity contribution < 1.29 is 18.7 Å². The molecule has 6 nitrogen and oxygen atoms in total. The summed E-state index contributed by atoms with van der Waals surface area (Å²) in [4.78, 5) is 23.2. The Morgan fingerprint density at radius 2 is 2.24 bits per heavy atom. The van der Waals surface area contributed by atoms with Gasteiger partial charge in [0.15, 0.2) is 5.76 Å². The van der Waals surface area contributed by atoms with Crippen molar-refractivity contribution in [1.82, 2.24) is 10.6 Å². The van der Waals surface area contributed by atoms with E-state index >= 15 is 0 Å². The van der Waals surface area contributed by atoms with Crippen LogP contribution in [0.4, 0.5) is 0 Å².